The second kappa shape index (κ2) is 11.4. The monoisotopic (exact) mass is 395 g/mol. The zero-order valence-electron chi connectivity index (χ0n) is 17.6. The third-order valence-corrected chi connectivity index (χ3v) is 5.16. The second-order valence-corrected chi connectivity index (χ2v) is 7.34. The summed E-state index contributed by atoms with van der Waals surface area (Å²) in [5.74, 6) is 2.13. The average molecular weight is 396 g/mol. The number of rotatable bonds is 8. The molecule has 1 aliphatic rings. The molecule has 0 spiro atoms. The summed E-state index contributed by atoms with van der Waals surface area (Å²) in [6.07, 6.45) is 3.61. The number of hydrogen-bond acceptors (Lipinski definition) is 5. The molecule has 1 aromatic heterocycles. The van der Waals surface area contributed by atoms with Gasteiger partial charge in [-0.15, -0.1) is 0 Å². The quantitative estimate of drug-likeness (QED) is 0.526. The first-order chi connectivity index (χ1) is 14.3. The Morgan fingerprint density at radius 2 is 1.76 bits per heavy atom. The number of hydrogen-bond donors (Lipinski definition) is 2. The highest BCUT2D eigenvalue weighted by Gasteiger charge is 2.18. The van der Waals surface area contributed by atoms with Crippen molar-refractivity contribution < 1.29 is 0 Å². The summed E-state index contributed by atoms with van der Waals surface area (Å²) in [5.41, 5.74) is 1.33. The molecule has 0 bridgehead atoms. The van der Waals surface area contributed by atoms with Crippen molar-refractivity contribution in [2.24, 2.45) is 4.99 Å². The Labute approximate surface area is 174 Å². The van der Waals surface area contributed by atoms with Crippen LogP contribution in [-0.4, -0.2) is 73.2 Å². The normalized spacial score (nSPS) is 16.5. The van der Waals surface area contributed by atoms with Gasteiger partial charge in [-0.2, -0.15) is 0 Å². The van der Waals surface area contributed by atoms with Crippen molar-refractivity contribution in [2.45, 2.75) is 19.8 Å². The molecular weight excluding hydrogens is 362 g/mol. The number of nitrogens with zero attached hydrogens (tertiary/aromatic N) is 5. The minimum absolute atomic E-state index is 0.403. The molecule has 0 radical (unpaired) electrons. The maximum atomic E-state index is 4.78. The average Bonchev–Trinajstić information content (AvgIpc) is 2.79. The van der Waals surface area contributed by atoms with Gasteiger partial charge in [0.1, 0.15) is 0 Å². The maximum Gasteiger partial charge on any atom is 0.225 e. The fourth-order valence-electron chi connectivity index (χ4n) is 3.42. The third kappa shape index (κ3) is 6.71. The van der Waals surface area contributed by atoms with E-state index in [2.05, 4.69) is 74.6 Å². The minimum Gasteiger partial charge on any atom is -0.357 e. The van der Waals surface area contributed by atoms with E-state index in [1.165, 1.54) is 5.56 Å². The van der Waals surface area contributed by atoms with Crippen molar-refractivity contribution in [3.63, 3.8) is 0 Å². The van der Waals surface area contributed by atoms with Gasteiger partial charge in [0.05, 0.1) is 0 Å². The van der Waals surface area contributed by atoms with Gasteiger partial charge < -0.3 is 15.5 Å². The third-order valence-electron chi connectivity index (χ3n) is 5.16. The second-order valence-electron chi connectivity index (χ2n) is 7.34. The lowest BCUT2D eigenvalue weighted by molar-refractivity contribution is 0.260. The van der Waals surface area contributed by atoms with E-state index in [0.717, 1.165) is 64.3 Å². The van der Waals surface area contributed by atoms with E-state index in [1.807, 2.05) is 6.07 Å². The number of anilines is 1. The van der Waals surface area contributed by atoms with E-state index in [1.54, 1.807) is 12.4 Å². The molecule has 0 aliphatic carbocycles. The van der Waals surface area contributed by atoms with Gasteiger partial charge in [-0.05, 0) is 18.6 Å². The van der Waals surface area contributed by atoms with Gasteiger partial charge in [0.25, 0.3) is 0 Å². The lowest BCUT2D eigenvalue weighted by Gasteiger charge is -2.34. The van der Waals surface area contributed by atoms with Crippen LogP contribution in [0, 0.1) is 0 Å². The standard InChI is InChI=1S/C22H33N7/c1-3-23-21(27-18-19(2)20-8-5-4-6-9-20)24-12-13-28-14-16-29(17-15-28)22-25-10-7-11-26-22/h4-11,19H,3,12-18H2,1-2H3,(H2,23,24,27). The van der Waals surface area contributed by atoms with E-state index >= 15 is 0 Å². The van der Waals surface area contributed by atoms with E-state index in [0.29, 0.717) is 5.92 Å². The summed E-state index contributed by atoms with van der Waals surface area (Å²) in [6, 6.07) is 12.4. The molecule has 3 rings (SSSR count). The van der Waals surface area contributed by atoms with E-state index in [-0.39, 0.29) is 0 Å². The molecule has 1 unspecified atom stereocenters. The van der Waals surface area contributed by atoms with Crippen LogP contribution in [0.25, 0.3) is 0 Å². The molecular formula is C22H33N7. The first-order valence-corrected chi connectivity index (χ1v) is 10.6. The number of aliphatic imine (C=N–C) groups is 1. The SMILES string of the molecule is CCNC(=NCC(C)c1ccccc1)NCCN1CCN(c2ncccn2)CC1. The van der Waals surface area contributed by atoms with Crippen molar-refractivity contribution in [3.05, 3.63) is 54.4 Å². The summed E-state index contributed by atoms with van der Waals surface area (Å²) in [7, 11) is 0. The molecule has 1 atom stereocenters. The molecule has 29 heavy (non-hydrogen) atoms. The molecule has 1 aromatic carbocycles. The molecule has 2 N–H and O–H groups in total. The highest BCUT2D eigenvalue weighted by atomic mass is 15.3. The van der Waals surface area contributed by atoms with Gasteiger partial charge in [-0.1, -0.05) is 37.3 Å². The largest absolute Gasteiger partial charge is 0.357 e. The molecule has 1 fully saturated rings. The van der Waals surface area contributed by atoms with Gasteiger partial charge in [0, 0.05) is 70.7 Å². The van der Waals surface area contributed by atoms with E-state index in [9.17, 15) is 0 Å². The highest BCUT2D eigenvalue weighted by molar-refractivity contribution is 5.79. The van der Waals surface area contributed by atoms with Crippen LogP contribution >= 0.6 is 0 Å². The molecule has 2 heterocycles. The van der Waals surface area contributed by atoms with Crippen LogP contribution in [-0.2, 0) is 0 Å². The Kier molecular flexibility index (Phi) is 8.25. The van der Waals surface area contributed by atoms with Gasteiger partial charge in [-0.25, -0.2) is 9.97 Å². The van der Waals surface area contributed by atoms with E-state index in [4.69, 9.17) is 4.99 Å². The lowest BCUT2D eigenvalue weighted by Crippen LogP contribution is -2.49. The number of nitrogens with one attached hydrogen (secondary N) is 2. The molecule has 0 amide bonds. The Bertz CT molecular complexity index is 727. The van der Waals surface area contributed by atoms with Crippen LogP contribution in [0.3, 0.4) is 0 Å². The Hall–Kier alpha value is -2.67. The zero-order chi connectivity index (χ0) is 20.3. The first kappa shape index (κ1) is 21.0. The molecule has 0 saturated carbocycles. The van der Waals surface area contributed by atoms with Crippen molar-refractivity contribution in [1.29, 1.82) is 0 Å². The Morgan fingerprint density at radius 3 is 2.45 bits per heavy atom. The Balaban J connectivity index is 1.40. The van der Waals surface area contributed by atoms with Gasteiger partial charge in [0.2, 0.25) is 5.95 Å². The number of piperazine rings is 1. The fraction of sp³-hybridized carbons (Fsp3) is 0.500. The first-order valence-electron chi connectivity index (χ1n) is 10.6. The summed E-state index contributed by atoms with van der Waals surface area (Å²) >= 11 is 0. The fourth-order valence-corrected chi connectivity index (χ4v) is 3.42. The number of guanidine groups is 1. The predicted molar refractivity (Wildman–Crippen MR) is 120 cm³/mol. The van der Waals surface area contributed by atoms with Crippen LogP contribution in [0.1, 0.15) is 25.3 Å². The van der Waals surface area contributed by atoms with Crippen LogP contribution in [0.15, 0.2) is 53.8 Å². The predicted octanol–water partition coefficient (Wildman–Crippen LogP) is 1.96. The number of aromatic nitrogens is 2. The molecule has 156 valence electrons. The topological polar surface area (TPSA) is 68.7 Å². The summed E-state index contributed by atoms with van der Waals surface area (Å²) in [4.78, 5) is 18.2. The smallest absolute Gasteiger partial charge is 0.225 e. The number of benzene rings is 1. The van der Waals surface area contributed by atoms with Gasteiger partial charge >= 0.3 is 0 Å². The van der Waals surface area contributed by atoms with Crippen molar-refractivity contribution >= 4 is 11.9 Å². The van der Waals surface area contributed by atoms with Crippen LogP contribution in [0.4, 0.5) is 5.95 Å². The minimum atomic E-state index is 0.403. The maximum absolute atomic E-state index is 4.78. The van der Waals surface area contributed by atoms with Gasteiger partial charge in [0.15, 0.2) is 5.96 Å². The molecule has 1 aliphatic heterocycles. The molecule has 7 nitrogen and oxygen atoms in total. The van der Waals surface area contributed by atoms with Crippen LogP contribution in [0.2, 0.25) is 0 Å². The summed E-state index contributed by atoms with van der Waals surface area (Å²) in [5, 5.41) is 6.83. The summed E-state index contributed by atoms with van der Waals surface area (Å²) in [6.45, 7) is 11.8. The molecule has 7 heteroatoms. The Morgan fingerprint density at radius 1 is 1.03 bits per heavy atom. The van der Waals surface area contributed by atoms with E-state index < -0.39 is 0 Å². The van der Waals surface area contributed by atoms with Crippen LogP contribution < -0.4 is 15.5 Å². The highest BCUT2D eigenvalue weighted by Crippen LogP contribution is 2.14. The van der Waals surface area contributed by atoms with Crippen molar-refractivity contribution in [1.82, 2.24) is 25.5 Å². The van der Waals surface area contributed by atoms with Crippen molar-refractivity contribution in [3.8, 4) is 0 Å². The molecule has 1 saturated heterocycles. The van der Waals surface area contributed by atoms with Crippen molar-refractivity contribution in [2.75, 3.05) is 57.3 Å². The zero-order valence-corrected chi connectivity index (χ0v) is 17.6. The summed E-state index contributed by atoms with van der Waals surface area (Å²) < 4.78 is 0. The van der Waals surface area contributed by atoms with Crippen LogP contribution in [0.5, 0.6) is 0 Å². The lowest BCUT2D eigenvalue weighted by atomic mass is 10.0. The van der Waals surface area contributed by atoms with Gasteiger partial charge in [-0.3, -0.25) is 9.89 Å². The molecule has 2 aromatic rings.